The van der Waals surface area contributed by atoms with Crippen molar-refractivity contribution in [2.24, 2.45) is 5.92 Å². The van der Waals surface area contributed by atoms with Gasteiger partial charge in [0, 0.05) is 6.42 Å². The van der Waals surface area contributed by atoms with Crippen molar-refractivity contribution >= 4 is 5.91 Å². The maximum atomic E-state index is 12.9. The second-order valence-corrected chi connectivity index (χ2v) is 14.8. The first-order valence-corrected chi connectivity index (χ1v) is 19.9. The number of aliphatic hydroxyl groups excluding tert-OH is 6. The van der Waals surface area contributed by atoms with E-state index in [0.717, 1.165) is 44.4 Å². The van der Waals surface area contributed by atoms with E-state index in [9.17, 15) is 35.4 Å². The lowest BCUT2D eigenvalue weighted by Gasteiger charge is -2.40. The van der Waals surface area contributed by atoms with Crippen LogP contribution in [-0.2, 0) is 14.3 Å². The number of nitrogens with one attached hydrogen (secondary N) is 1. The molecule has 0 aromatic heterocycles. The zero-order chi connectivity index (χ0) is 35.0. The molecule has 48 heavy (non-hydrogen) atoms. The van der Waals surface area contributed by atoms with Crippen molar-refractivity contribution in [2.45, 2.75) is 216 Å². The normalized spacial score (nSPS) is 24.8. The van der Waals surface area contributed by atoms with Gasteiger partial charge in [-0.15, -0.1) is 0 Å². The summed E-state index contributed by atoms with van der Waals surface area (Å²) in [7, 11) is 0. The maximum Gasteiger partial charge on any atom is 0.220 e. The summed E-state index contributed by atoms with van der Waals surface area (Å²) in [4.78, 5) is 12.9. The van der Waals surface area contributed by atoms with E-state index in [1.807, 2.05) is 0 Å². The van der Waals surface area contributed by atoms with Gasteiger partial charge in [0.25, 0.3) is 0 Å². The van der Waals surface area contributed by atoms with Crippen molar-refractivity contribution in [1.82, 2.24) is 5.32 Å². The largest absolute Gasteiger partial charge is 0.394 e. The molecule has 5 unspecified atom stereocenters. The zero-order valence-electron chi connectivity index (χ0n) is 30.2. The summed E-state index contributed by atoms with van der Waals surface area (Å²) in [5, 5.41) is 64.8. The zero-order valence-corrected chi connectivity index (χ0v) is 30.2. The first-order chi connectivity index (χ1) is 23.3. The van der Waals surface area contributed by atoms with Crippen LogP contribution in [0.15, 0.2) is 0 Å². The fourth-order valence-electron chi connectivity index (χ4n) is 6.73. The van der Waals surface area contributed by atoms with Crippen LogP contribution in [0.5, 0.6) is 0 Å². The first kappa shape index (κ1) is 43.3. The summed E-state index contributed by atoms with van der Waals surface area (Å²) >= 11 is 0. The van der Waals surface area contributed by atoms with Gasteiger partial charge in [-0.25, -0.2) is 0 Å². The fourth-order valence-corrected chi connectivity index (χ4v) is 6.73. The van der Waals surface area contributed by atoms with Gasteiger partial charge in [-0.2, -0.15) is 0 Å². The fraction of sp³-hybridized carbons (Fsp3) is 0.974. The average Bonchev–Trinajstić information content (AvgIpc) is 3.91. The van der Waals surface area contributed by atoms with Crippen LogP contribution in [0.2, 0.25) is 0 Å². The van der Waals surface area contributed by atoms with Gasteiger partial charge >= 0.3 is 0 Å². The summed E-state index contributed by atoms with van der Waals surface area (Å²) in [6.45, 7) is 1.34. The van der Waals surface area contributed by atoms with E-state index in [-0.39, 0.29) is 12.5 Å². The molecule has 7 N–H and O–H groups in total. The third-order valence-electron chi connectivity index (χ3n) is 10.3. The minimum Gasteiger partial charge on any atom is -0.394 e. The molecule has 0 spiro atoms. The number of rotatable bonds is 31. The average molecular weight is 688 g/mol. The van der Waals surface area contributed by atoms with Gasteiger partial charge in [-0.1, -0.05) is 148 Å². The van der Waals surface area contributed by atoms with Crippen LogP contribution in [0.3, 0.4) is 0 Å². The van der Waals surface area contributed by atoms with E-state index in [0.29, 0.717) is 12.8 Å². The lowest BCUT2D eigenvalue weighted by molar-refractivity contribution is -0.303. The van der Waals surface area contributed by atoms with Crippen molar-refractivity contribution in [3.05, 3.63) is 0 Å². The number of amides is 1. The molecule has 10 nitrogen and oxygen atoms in total. The lowest BCUT2D eigenvalue weighted by atomic mass is 9.98. The minimum atomic E-state index is -1.60. The Morgan fingerprint density at radius 2 is 1.25 bits per heavy atom. The second-order valence-electron chi connectivity index (χ2n) is 14.8. The van der Waals surface area contributed by atoms with Gasteiger partial charge < -0.3 is 45.4 Å². The van der Waals surface area contributed by atoms with Crippen molar-refractivity contribution < 1.29 is 44.9 Å². The predicted molar refractivity (Wildman–Crippen MR) is 188 cm³/mol. The number of hydrogen-bond acceptors (Lipinski definition) is 9. The number of unbranched alkanes of at least 4 members (excludes halogenated alkanes) is 18. The van der Waals surface area contributed by atoms with E-state index in [2.05, 4.69) is 12.2 Å². The van der Waals surface area contributed by atoms with Crippen LogP contribution >= 0.6 is 0 Å². The Labute approximate surface area is 291 Å². The number of ether oxygens (including phenoxy) is 2. The standard InChI is InChI=1S/C38H73NO9/c1-2-3-4-5-6-7-8-9-10-14-17-20-23-31(41)34(43)30(28-47-38-37(46)36(45)35(44)32(27-40)48-38)39-33(42)24-21-18-15-12-11-13-16-19-22-29-25-26-29/h29-32,34-38,40-41,43-46H,2-28H2,1H3,(H,39,42)/t30-,31+,32?,34-,35?,36?,37?,38?/m0/s1. The van der Waals surface area contributed by atoms with Crippen molar-refractivity contribution in [2.75, 3.05) is 13.2 Å². The molecule has 2 rings (SSSR count). The molecular weight excluding hydrogens is 614 g/mol. The first-order valence-electron chi connectivity index (χ1n) is 19.9. The van der Waals surface area contributed by atoms with E-state index < -0.39 is 55.6 Å². The van der Waals surface area contributed by atoms with Crippen LogP contribution in [0.1, 0.15) is 167 Å². The van der Waals surface area contributed by atoms with Crippen LogP contribution in [0.25, 0.3) is 0 Å². The molecule has 1 saturated carbocycles. The van der Waals surface area contributed by atoms with Gasteiger partial charge in [-0.05, 0) is 18.8 Å². The second kappa shape index (κ2) is 26.9. The van der Waals surface area contributed by atoms with Crippen LogP contribution in [0.4, 0.5) is 0 Å². The van der Waals surface area contributed by atoms with Gasteiger partial charge in [0.1, 0.15) is 30.5 Å². The quantitative estimate of drug-likeness (QED) is 0.0471. The van der Waals surface area contributed by atoms with Crippen molar-refractivity contribution in [1.29, 1.82) is 0 Å². The van der Waals surface area contributed by atoms with E-state index in [4.69, 9.17) is 9.47 Å². The summed E-state index contributed by atoms with van der Waals surface area (Å²) in [5.74, 6) is 0.757. The third-order valence-corrected chi connectivity index (χ3v) is 10.3. The van der Waals surface area contributed by atoms with Gasteiger partial charge in [-0.3, -0.25) is 4.79 Å². The Bertz CT molecular complexity index is 783. The highest BCUT2D eigenvalue weighted by Gasteiger charge is 2.44. The summed E-state index contributed by atoms with van der Waals surface area (Å²) in [6.07, 6.45) is 18.8. The molecule has 1 heterocycles. The highest BCUT2D eigenvalue weighted by Crippen LogP contribution is 2.34. The molecule has 10 heteroatoms. The number of carbonyl (C=O) groups excluding carboxylic acids is 1. The molecule has 2 aliphatic rings. The Morgan fingerprint density at radius 1 is 0.729 bits per heavy atom. The molecule has 284 valence electrons. The molecule has 1 aliphatic carbocycles. The smallest absolute Gasteiger partial charge is 0.220 e. The Hall–Kier alpha value is -0.850. The number of carbonyl (C=O) groups is 1. The molecule has 0 radical (unpaired) electrons. The topological polar surface area (TPSA) is 169 Å². The molecule has 1 amide bonds. The minimum absolute atomic E-state index is 0.255. The highest BCUT2D eigenvalue weighted by atomic mass is 16.7. The molecule has 1 aliphatic heterocycles. The molecule has 8 atom stereocenters. The van der Waals surface area contributed by atoms with E-state index >= 15 is 0 Å². The van der Waals surface area contributed by atoms with E-state index in [1.165, 1.54) is 109 Å². The van der Waals surface area contributed by atoms with E-state index in [1.54, 1.807) is 0 Å². The number of aliphatic hydroxyl groups is 6. The van der Waals surface area contributed by atoms with Crippen LogP contribution in [-0.4, -0.2) is 98.7 Å². The Morgan fingerprint density at radius 3 is 1.79 bits per heavy atom. The summed E-state index contributed by atoms with van der Waals surface area (Å²) < 4.78 is 11.1. The predicted octanol–water partition coefficient (Wildman–Crippen LogP) is 5.41. The number of hydrogen-bond donors (Lipinski definition) is 7. The van der Waals surface area contributed by atoms with Crippen LogP contribution < -0.4 is 5.32 Å². The third kappa shape index (κ3) is 18.9. The Kier molecular flexibility index (Phi) is 24.3. The molecule has 0 bridgehead atoms. The SMILES string of the molecule is CCCCCCCCCCCCCC[C@@H](O)[C@@H](O)[C@H](COC1OC(CO)C(O)C(O)C1O)NC(=O)CCCCCCCCCCC1CC1. The van der Waals surface area contributed by atoms with Crippen LogP contribution in [0, 0.1) is 5.92 Å². The highest BCUT2D eigenvalue weighted by molar-refractivity contribution is 5.76. The lowest BCUT2D eigenvalue weighted by Crippen LogP contribution is -2.60. The molecule has 0 aromatic rings. The van der Waals surface area contributed by atoms with Gasteiger partial charge in [0.2, 0.25) is 5.91 Å². The van der Waals surface area contributed by atoms with Crippen molar-refractivity contribution in [3.63, 3.8) is 0 Å². The van der Waals surface area contributed by atoms with Crippen molar-refractivity contribution in [3.8, 4) is 0 Å². The Balaban J connectivity index is 1.72. The summed E-state index contributed by atoms with van der Waals surface area (Å²) in [5.41, 5.74) is 0. The van der Waals surface area contributed by atoms with Gasteiger partial charge in [0.05, 0.1) is 25.4 Å². The summed E-state index contributed by atoms with van der Waals surface area (Å²) in [6, 6.07) is -0.979. The molecular formula is C38H73NO9. The monoisotopic (exact) mass is 688 g/mol. The molecule has 0 aromatic carbocycles. The molecule has 2 fully saturated rings. The van der Waals surface area contributed by atoms with Gasteiger partial charge in [0.15, 0.2) is 6.29 Å². The molecule has 1 saturated heterocycles. The maximum absolute atomic E-state index is 12.9.